The molecule has 0 amide bonds. The van der Waals surface area contributed by atoms with Crippen molar-refractivity contribution in [3.63, 3.8) is 0 Å². The van der Waals surface area contributed by atoms with Crippen LogP contribution < -0.4 is 5.32 Å². The number of furan rings is 1. The molecule has 1 N–H and O–H groups in total. The maximum absolute atomic E-state index is 6.29. The van der Waals surface area contributed by atoms with Crippen LogP contribution in [0.1, 0.15) is 47.8 Å². The van der Waals surface area contributed by atoms with Crippen LogP contribution in [0.5, 0.6) is 0 Å². The Labute approximate surface area is 176 Å². The van der Waals surface area contributed by atoms with Crippen LogP contribution in [-0.2, 0) is 0 Å². The zero-order chi connectivity index (χ0) is 20.2. The summed E-state index contributed by atoms with van der Waals surface area (Å²) in [6.45, 7) is 4.23. The highest BCUT2D eigenvalue weighted by molar-refractivity contribution is 6.12. The molecule has 0 saturated carbocycles. The van der Waals surface area contributed by atoms with Gasteiger partial charge in [-0.05, 0) is 77.8 Å². The van der Waals surface area contributed by atoms with Gasteiger partial charge in [-0.2, -0.15) is 0 Å². The second-order valence-electron chi connectivity index (χ2n) is 8.57. The van der Waals surface area contributed by atoms with Crippen molar-refractivity contribution < 1.29 is 4.42 Å². The van der Waals surface area contributed by atoms with E-state index in [9.17, 15) is 0 Å². The lowest BCUT2D eigenvalue weighted by Crippen LogP contribution is -2.18. The largest absolute Gasteiger partial charge is 0.459 e. The normalized spacial score (nSPS) is 18.0. The van der Waals surface area contributed by atoms with Crippen LogP contribution >= 0.6 is 0 Å². The van der Waals surface area contributed by atoms with E-state index in [1.165, 1.54) is 44.0 Å². The third-order valence-corrected chi connectivity index (χ3v) is 6.84. The average molecular weight is 392 g/mol. The van der Waals surface area contributed by atoms with Crippen LogP contribution in [0.15, 0.2) is 76.7 Å². The lowest BCUT2D eigenvalue weighted by molar-refractivity contribution is 0.575. The standard InChI is InChI=1S/C28H25NO/c1-17-18(2)30-28-26(16-20-10-4-6-12-22(20)27(17)28)29-25-15-19-9-3-5-11-21(19)23-13-7-8-14-24(23)25/h3-4,6-10,12-14,16,25,29H,5,11,15H2,1-2H3. The highest BCUT2D eigenvalue weighted by Crippen LogP contribution is 2.45. The second-order valence-corrected chi connectivity index (χ2v) is 8.57. The summed E-state index contributed by atoms with van der Waals surface area (Å²) >= 11 is 0. The molecule has 6 rings (SSSR count). The first-order valence-electron chi connectivity index (χ1n) is 10.9. The van der Waals surface area contributed by atoms with Gasteiger partial charge in [0.1, 0.15) is 5.76 Å². The predicted molar refractivity (Wildman–Crippen MR) is 126 cm³/mol. The third kappa shape index (κ3) is 2.56. The molecule has 0 radical (unpaired) electrons. The number of benzene rings is 3. The fourth-order valence-electron chi connectivity index (χ4n) is 5.26. The molecule has 0 spiro atoms. The molecule has 0 fully saturated rings. The Hall–Kier alpha value is -3.26. The zero-order valence-corrected chi connectivity index (χ0v) is 17.5. The van der Waals surface area contributed by atoms with Crippen molar-refractivity contribution >= 4 is 33.0 Å². The van der Waals surface area contributed by atoms with Gasteiger partial charge in [0.25, 0.3) is 0 Å². The molecule has 2 aliphatic carbocycles. The Morgan fingerprint density at radius 2 is 1.83 bits per heavy atom. The van der Waals surface area contributed by atoms with E-state index >= 15 is 0 Å². The molecule has 0 aliphatic heterocycles. The van der Waals surface area contributed by atoms with Crippen LogP contribution in [0.25, 0.3) is 27.3 Å². The van der Waals surface area contributed by atoms with E-state index in [2.05, 4.69) is 85.9 Å². The molecule has 2 heteroatoms. The summed E-state index contributed by atoms with van der Waals surface area (Å²) in [5.41, 5.74) is 9.09. The van der Waals surface area contributed by atoms with E-state index in [0.29, 0.717) is 0 Å². The van der Waals surface area contributed by atoms with Crippen molar-refractivity contribution in [2.75, 3.05) is 5.32 Å². The van der Waals surface area contributed by atoms with Crippen molar-refractivity contribution in [1.29, 1.82) is 0 Å². The van der Waals surface area contributed by atoms with Gasteiger partial charge < -0.3 is 9.73 Å². The summed E-state index contributed by atoms with van der Waals surface area (Å²) < 4.78 is 6.29. The molecule has 1 atom stereocenters. The Bertz CT molecular complexity index is 1370. The number of aryl methyl sites for hydroxylation is 2. The quantitative estimate of drug-likeness (QED) is 0.376. The summed E-state index contributed by atoms with van der Waals surface area (Å²) in [5, 5.41) is 7.62. The first kappa shape index (κ1) is 17.6. The summed E-state index contributed by atoms with van der Waals surface area (Å²) in [6, 6.07) is 20.0. The zero-order valence-electron chi connectivity index (χ0n) is 17.5. The van der Waals surface area contributed by atoms with Gasteiger partial charge in [-0.3, -0.25) is 0 Å². The molecule has 0 saturated heterocycles. The smallest absolute Gasteiger partial charge is 0.158 e. The van der Waals surface area contributed by atoms with Gasteiger partial charge in [-0.15, -0.1) is 0 Å². The van der Waals surface area contributed by atoms with Gasteiger partial charge >= 0.3 is 0 Å². The Balaban J connectivity index is 1.52. The van der Waals surface area contributed by atoms with Crippen molar-refractivity contribution in [2.24, 2.45) is 0 Å². The van der Waals surface area contributed by atoms with Crippen molar-refractivity contribution in [3.05, 3.63) is 94.8 Å². The predicted octanol–water partition coefficient (Wildman–Crippen LogP) is 7.86. The molecule has 0 bridgehead atoms. The summed E-state index contributed by atoms with van der Waals surface area (Å²) in [4.78, 5) is 0. The maximum Gasteiger partial charge on any atom is 0.158 e. The lowest BCUT2D eigenvalue weighted by Gasteiger charge is -2.32. The molecule has 1 heterocycles. The molecule has 2 nitrogen and oxygen atoms in total. The minimum absolute atomic E-state index is 0.234. The monoisotopic (exact) mass is 391 g/mol. The number of hydrogen-bond donors (Lipinski definition) is 1. The van der Waals surface area contributed by atoms with Crippen LogP contribution in [0.3, 0.4) is 0 Å². The van der Waals surface area contributed by atoms with Crippen molar-refractivity contribution in [1.82, 2.24) is 0 Å². The molecule has 3 aromatic carbocycles. The number of anilines is 1. The minimum atomic E-state index is 0.234. The Kier molecular flexibility index (Phi) is 3.89. The number of allylic oxidation sites excluding steroid dienone is 3. The second kappa shape index (κ2) is 6.63. The van der Waals surface area contributed by atoms with E-state index in [0.717, 1.165) is 36.3 Å². The maximum atomic E-state index is 6.29. The molecule has 2 aliphatic rings. The van der Waals surface area contributed by atoms with Crippen LogP contribution in [0.4, 0.5) is 5.69 Å². The first-order chi connectivity index (χ1) is 14.7. The Morgan fingerprint density at radius 1 is 1.00 bits per heavy atom. The van der Waals surface area contributed by atoms with Gasteiger partial charge in [0.2, 0.25) is 0 Å². The van der Waals surface area contributed by atoms with E-state index in [1.807, 2.05) is 0 Å². The number of nitrogens with one attached hydrogen (secondary N) is 1. The van der Waals surface area contributed by atoms with E-state index in [1.54, 1.807) is 0 Å². The first-order valence-corrected chi connectivity index (χ1v) is 10.9. The van der Waals surface area contributed by atoms with Gasteiger partial charge in [0.05, 0.1) is 11.7 Å². The van der Waals surface area contributed by atoms with E-state index in [-0.39, 0.29) is 6.04 Å². The minimum Gasteiger partial charge on any atom is -0.459 e. The van der Waals surface area contributed by atoms with Crippen LogP contribution in [0, 0.1) is 13.8 Å². The molecule has 4 aromatic rings. The van der Waals surface area contributed by atoms with Crippen molar-refractivity contribution in [2.45, 2.75) is 39.2 Å². The van der Waals surface area contributed by atoms with Crippen molar-refractivity contribution in [3.8, 4) is 0 Å². The summed E-state index contributed by atoms with van der Waals surface area (Å²) in [5.74, 6) is 0.994. The van der Waals surface area contributed by atoms with Gasteiger partial charge in [0, 0.05) is 5.39 Å². The van der Waals surface area contributed by atoms with Crippen LogP contribution in [0.2, 0.25) is 0 Å². The van der Waals surface area contributed by atoms with Crippen LogP contribution in [-0.4, -0.2) is 0 Å². The summed E-state index contributed by atoms with van der Waals surface area (Å²) in [6.07, 6.45) is 7.95. The highest BCUT2D eigenvalue weighted by atomic mass is 16.3. The van der Waals surface area contributed by atoms with E-state index < -0.39 is 0 Å². The van der Waals surface area contributed by atoms with E-state index in [4.69, 9.17) is 4.42 Å². The van der Waals surface area contributed by atoms with Gasteiger partial charge in [0.15, 0.2) is 5.58 Å². The average Bonchev–Trinajstić information content (AvgIpc) is 3.09. The molecule has 1 unspecified atom stereocenters. The molecular weight excluding hydrogens is 366 g/mol. The summed E-state index contributed by atoms with van der Waals surface area (Å²) in [7, 11) is 0. The SMILES string of the molecule is Cc1oc2c(NC3CC4=C(CCC=C4)c4ccccc43)cc3ccccc3c2c1C. The number of fused-ring (bicyclic) bond motifs is 5. The molecule has 30 heavy (non-hydrogen) atoms. The van der Waals surface area contributed by atoms with Gasteiger partial charge in [-0.25, -0.2) is 0 Å². The highest BCUT2D eigenvalue weighted by Gasteiger charge is 2.27. The molecule has 148 valence electrons. The lowest BCUT2D eigenvalue weighted by atomic mass is 9.78. The topological polar surface area (TPSA) is 25.2 Å². The Morgan fingerprint density at radius 3 is 2.77 bits per heavy atom. The van der Waals surface area contributed by atoms with Gasteiger partial charge in [-0.1, -0.05) is 60.7 Å². The molecule has 1 aromatic heterocycles. The third-order valence-electron chi connectivity index (χ3n) is 6.84. The fourth-order valence-corrected chi connectivity index (χ4v) is 5.26. The number of hydrogen-bond acceptors (Lipinski definition) is 2. The molecular formula is C28H25NO. The number of rotatable bonds is 2. The fraction of sp³-hybridized carbons (Fsp3) is 0.214.